The zero-order valence-electron chi connectivity index (χ0n) is 18.7. The van der Waals surface area contributed by atoms with Crippen molar-refractivity contribution in [1.29, 1.82) is 0 Å². The summed E-state index contributed by atoms with van der Waals surface area (Å²) in [6.45, 7) is 0.661. The molecule has 0 aromatic carbocycles. The molecule has 4 rings (SSSR count). The summed E-state index contributed by atoms with van der Waals surface area (Å²) in [5.74, 6) is -0.670. The van der Waals surface area contributed by atoms with Crippen LogP contribution < -0.4 is 10.2 Å². The fraction of sp³-hybridized carbons (Fsp3) is 0.474. The molecule has 3 aromatic rings. The molecule has 0 spiro atoms. The number of ether oxygens (including phenoxy) is 2. The minimum atomic E-state index is -4.62. The predicted octanol–water partition coefficient (Wildman–Crippen LogP) is 0.614. The molecule has 0 radical (unpaired) electrons. The molecule has 3 aromatic heterocycles. The highest BCUT2D eigenvalue weighted by molar-refractivity contribution is 7.49. The molecule has 0 aliphatic carbocycles. The Balaban J connectivity index is 1.58. The van der Waals surface area contributed by atoms with Crippen LogP contribution in [0.1, 0.15) is 26.0 Å². The van der Waals surface area contributed by atoms with Gasteiger partial charge in [-0.1, -0.05) is 0 Å². The Morgan fingerprint density at radius 2 is 2.09 bits per heavy atom. The number of aromatic nitrogens is 6. The van der Waals surface area contributed by atoms with Gasteiger partial charge in [-0.05, 0) is 6.92 Å². The minimum absolute atomic E-state index is 0.0831. The van der Waals surface area contributed by atoms with Gasteiger partial charge in [0.15, 0.2) is 30.0 Å². The fourth-order valence-corrected chi connectivity index (χ4v) is 4.41. The summed E-state index contributed by atoms with van der Waals surface area (Å²) in [4.78, 5) is 51.9. The van der Waals surface area contributed by atoms with Crippen LogP contribution in [0, 0.1) is 0 Å². The van der Waals surface area contributed by atoms with Gasteiger partial charge >= 0.3 is 5.97 Å². The van der Waals surface area contributed by atoms with Crippen molar-refractivity contribution in [2.45, 2.75) is 44.4 Å². The quantitative estimate of drug-likeness (QED) is 0.298. The van der Waals surface area contributed by atoms with Crippen molar-refractivity contribution >= 4 is 36.5 Å². The van der Waals surface area contributed by atoms with E-state index in [-0.39, 0.29) is 24.3 Å². The van der Waals surface area contributed by atoms with E-state index in [1.54, 1.807) is 7.05 Å². The number of fused-ring (bicyclic) bond motifs is 1. The molecule has 1 N–H and O–H groups in total. The van der Waals surface area contributed by atoms with E-state index in [9.17, 15) is 19.0 Å². The Bertz CT molecular complexity index is 1250. The Morgan fingerprint density at radius 1 is 1.29 bits per heavy atom. The van der Waals surface area contributed by atoms with Gasteiger partial charge in [0.2, 0.25) is 7.75 Å². The maximum Gasteiger partial charge on any atom is 0.306 e. The minimum Gasteiger partial charge on any atom is -0.761 e. The van der Waals surface area contributed by atoms with Crippen molar-refractivity contribution < 1.29 is 37.4 Å². The first-order valence-electron chi connectivity index (χ1n) is 10.5. The van der Waals surface area contributed by atoms with Gasteiger partial charge in [-0.25, -0.2) is 24.3 Å². The first kappa shape index (κ1) is 24.9. The lowest BCUT2D eigenvalue weighted by atomic mass is 10.1. The SMILES string of the molecule is CNc1ncnc2c1ncn2[C@@H]1O[C@H](COP(=O)([O-])n2ccnc2)C(OC(=O)CCC(C)=O)[C@@H]1F. The molecule has 16 heteroatoms. The number of nitrogens with one attached hydrogen (secondary N) is 1. The second-order valence-electron chi connectivity index (χ2n) is 7.67. The molecule has 5 atom stereocenters. The maximum absolute atomic E-state index is 15.6. The number of hydrogen-bond donors (Lipinski definition) is 1. The van der Waals surface area contributed by atoms with Gasteiger partial charge in [-0.2, -0.15) is 0 Å². The molecule has 188 valence electrons. The Morgan fingerprint density at radius 3 is 2.77 bits per heavy atom. The summed E-state index contributed by atoms with van der Waals surface area (Å²) in [5, 5.41) is 2.85. The van der Waals surface area contributed by atoms with E-state index in [0.717, 1.165) is 10.7 Å². The highest BCUT2D eigenvalue weighted by Gasteiger charge is 2.49. The van der Waals surface area contributed by atoms with Crippen LogP contribution in [-0.4, -0.2) is 72.6 Å². The molecule has 2 unspecified atom stereocenters. The molecule has 1 aliphatic rings. The number of rotatable bonds is 10. The van der Waals surface area contributed by atoms with Crippen molar-refractivity contribution in [1.82, 2.24) is 28.8 Å². The van der Waals surface area contributed by atoms with Crippen LogP contribution in [0.4, 0.5) is 10.2 Å². The lowest BCUT2D eigenvalue weighted by Gasteiger charge is -2.26. The second kappa shape index (κ2) is 10.2. The number of Topliss-reactive ketones (excluding diaryl/α,β-unsaturated/α-hetero) is 1. The maximum atomic E-state index is 15.6. The van der Waals surface area contributed by atoms with Crippen molar-refractivity contribution in [3.05, 3.63) is 31.4 Å². The summed E-state index contributed by atoms with van der Waals surface area (Å²) < 4.78 is 46.1. The largest absolute Gasteiger partial charge is 0.761 e. The first-order chi connectivity index (χ1) is 16.7. The van der Waals surface area contributed by atoms with E-state index in [1.165, 1.54) is 36.5 Å². The molecule has 0 amide bonds. The fourth-order valence-electron chi connectivity index (χ4n) is 3.53. The van der Waals surface area contributed by atoms with Crippen LogP contribution in [0.2, 0.25) is 0 Å². The molecule has 1 fully saturated rings. The molecule has 14 nitrogen and oxygen atoms in total. The van der Waals surface area contributed by atoms with E-state index in [1.807, 2.05) is 0 Å². The van der Waals surface area contributed by atoms with Gasteiger partial charge in [0.05, 0.1) is 19.4 Å². The van der Waals surface area contributed by atoms with Gasteiger partial charge in [0, 0.05) is 25.9 Å². The third-order valence-corrected chi connectivity index (χ3v) is 6.54. The Hall–Kier alpha value is -3.26. The van der Waals surface area contributed by atoms with E-state index in [2.05, 4.69) is 25.3 Å². The van der Waals surface area contributed by atoms with E-state index >= 15 is 4.39 Å². The standard InChI is InChI=1S/C19H23FN7O7P/c1-11(28)3-4-13(29)34-16-12(7-32-35(30,31)26-6-5-22-9-26)33-19(14(16)20)27-10-25-15-17(21-2)23-8-24-18(15)27/h5-6,8-10,12,14,16,19H,3-4,7H2,1-2H3,(H,30,31)(H,21,23,24)/p-1/t12-,14+,16?,19-/m1/s1. The average Bonchev–Trinajstić information content (AvgIpc) is 3.57. The van der Waals surface area contributed by atoms with Crippen molar-refractivity contribution in [2.24, 2.45) is 0 Å². The first-order valence-corrected chi connectivity index (χ1v) is 12.0. The molecule has 0 bridgehead atoms. The highest BCUT2D eigenvalue weighted by Crippen LogP contribution is 2.42. The van der Waals surface area contributed by atoms with Crippen molar-refractivity contribution in [3.8, 4) is 0 Å². The highest BCUT2D eigenvalue weighted by atomic mass is 31.2. The average molecular weight is 510 g/mol. The van der Waals surface area contributed by atoms with Crippen molar-refractivity contribution in [3.63, 3.8) is 0 Å². The number of imidazole rings is 2. The molecule has 4 heterocycles. The van der Waals surface area contributed by atoms with E-state index in [0.29, 0.717) is 11.3 Å². The van der Waals surface area contributed by atoms with Crippen LogP contribution in [0.3, 0.4) is 0 Å². The molecule has 1 aliphatic heterocycles. The molecular formula is C19H22FN7O7P-. The number of esters is 1. The van der Waals surface area contributed by atoms with Crippen LogP contribution >= 0.6 is 7.75 Å². The normalized spacial score (nSPS) is 23.8. The molecule has 1 saturated heterocycles. The number of hydrogen-bond acceptors (Lipinski definition) is 12. The van der Waals surface area contributed by atoms with Crippen molar-refractivity contribution in [2.75, 3.05) is 19.0 Å². The zero-order chi connectivity index (χ0) is 25.2. The van der Waals surface area contributed by atoms with Crippen LogP contribution in [-0.2, 0) is 28.2 Å². The predicted molar refractivity (Wildman–Crippen MR) is 115 cm³/mol. The third kappa shape index (κ3) is 5.22. The smallest absolute Gasteiger partial charge is 0.306 e. The Labute approximate surface area is 198 Å². The monoisotopic (exact) mass is 510 g/mol. The number of halogens is 1. The van der Waals surface area contributed by atoms with Crippen LogP contribution in [0.15, 0.2) is 31.4 Å². The molecular weight excluding hydrogens is 488 g/mol. The van der Waals surface area contributed by atoms with Gasteiger partial charge in [0.25, 0.3) is 0 Å². The lowest BCUT2D eigenvalue weighted by molar-refractivity contribution is -0.205. The van der Waals surface area contributed by atoms with Crippen LogP contribution in [0.5, 0.6) is 0 Å². The Kier molecular flexibility index (Phi) is 7.21. The summed E-state index contributed by atoms with van der Waals surface area (Å²) >= 11 is 0. The van der Waals surface area contributed by atoms with Gasteiger partial charge < -0.3 is 29.0 Å². The number of anilines is 1. The summed E-state index contributed by atoms with van der Waals surface area (Å²) in [6, 6.07) is 0. The number of nitrogens with zero attached hydrogens (tertiary/aromatic N) is 6. The second-order valence-corrected chi connectivity index (χ2v) is 9.33. The zero-order valence-corrected chi connectivity index (χ0v) is 19.6. The van der Waals surface area contributed by atoms with E-state index < -0.39 is 44.9 Å². The third-order valence-electron chi connectivity index (χ3n) is 5.26. The molecule has 0 saturated carbocycles. The van der Waals surface area contributed by atoms with Gasteiger partial charge in [-0.3, -0.25) is 18.3 Å². The molecule has 35 heavy (non-hydrogen) atoms. The van der Waals surface area contributed by atoms with Crippen LogP contribution in [0.25, 0.3) is 11.2 Å². The number of carbonyl (C=O) groups excluding carboxylic acids is 2. The number of carbonyl (C=O) groups is 2. The summed E-state index contributed by atoms with van der Waals surface area (Å²) in [5.41, 5.74) is 0.595. The van der Waals surface area contributed by atoms with E-state index in [4.69, 9.17) is 14.0 Å². The topological polar surface area (TPSA) is 175 Å². The van der Waals surface area contributed by atoms with Gasteiger partial charge in [-0.15, -0.1) is 0 Å². The number of alkyl halides is 1. The summed E-state index contributed by atoms with van der Waals surface area (Å²) in [7, 11) is -2.98. The summed E-state index contributed by atoms with van der Waals surface area (Å²) in [6.07, 6.45) is -0.479. The van der Waals surface area contributed by atoms with Gasteiger partial charge in [0.1, 0.15) is 30.1 Å². The lowest BCUT2D eigenvalue weighted by Crippen LogP contribution is -2.36. The number of ketones is 1.